The van der Waals surface area contributed by atoms with Crippen molar-refractivity contribution in [2.45, 2.75) is 38.5 Å². The zero-order chi connectivity index (χ0) is 20.9. The molecule has 0 aliphatic carbocycles. The second kappa shape index (κ2) is 8.73. The summed E-state index contributed by atoms with van der Waals surface area (Å²) in [5.41, 5.74) is -0.436. The third kappa shape index (κ3) is 6.05. The van der Waals surface area contributed by atoms with E-state index in [1.165, 1.54) is 48.5 Å². The molecule has 0 unspecified atom stereocenters. The van der Waals surface area contributed by atoms with Crippen molar-refractivity contribution in [1.29, 1.82) is 0 Å². The number of halogens is 1. The van der Waals surface area contributed by atoms with E-state index in [1.807, 2.05) is 20.8 Å². The minimum absolute atomic E-state index is 0.120. The molecular formula is C21H25FO5S. The van der Waals surface area contributed by atoms with Crippen molar-refractivity contribution in [3.05, 3.63) is 54.3 Å². The molecule has 0 heterocycles. The van der Waals surface area contributed by atoms with Crippen LogP contribution in [0.2, 0.25) is 0 Å². The third-order valence-corrected chi connectivity index (χ3v) is 6.30. The molecular weight excluding hydrogens is 383 g/mol. The normalized spacial score (nSPS) is 13.1. The van der Waals surface area contributed by atoms with Crippen LogP contribution < -0.4 is 4.74 Å². The van der Waals surface area contributed by atoms with Gasteiger partial charge in [-0.1, -0.05) is 20.8 Å². The fraction of sp³-hybridized carbons (Fsp3) is 0.381. The van der Waals surface area contributed by atoms with Crippen LogP contribution in [0, 0.1) is 17.2 Å². The second-order valence-corrected chi connectivity index (χ2v) is 9.85. The molecule has 5 nitrogen and oxygen atoms in total. The van der Waals surface area contributed by atoms with Crippen molar-refractivity contribution >= 4 is 15.8 Å². The second-order valence-electron chi connectivity index (χ2n) is 7.75. The molecule has 0 aromatic heterocycles. The predicted octanol–water partition coefficient (Wildman–Crippen LogP) is 4.92. The van der Waals surface area contributed by atoms with Crippen molar-refractivity contribution in [1.82, 2.24) is 0 Å². The Bertz CT molecular complexity index is 897. The zero-order valence-corrected chi connectivity index (χ0v) is 17.0. The van der Waals surface area contributed by atoms with Crippen LogP contribution in [0.4, 0.5) is 4.39 Å². The highest BCUT2D eigenvalue weighted by atomic mass is 32.2. The Morgan fingerprint density at radius 3 is 2.00 bits per heavy atom. The number of sulfone groups is 1. The van der Waals surface area contributed by atoms with E-state index in [0.29, 0.717) is 17.9 Å². The first-order chi connectivity index (χ1) is 13.0. The molecule has 0 spiro atoms. The fourth-order valence-electron chi connectivity index (χ4n) is 2.88. The molecule has 0 aliphatic rings. The lowest BCUT2D eigenvalue weighted by Crippen LogP contribution is -2.28. The molecule has 0 saturated heterocycles. The number of rotatable bonds is 8. The lowest BCUT2D eigenvalue weighted by molar-refractivity contribution is -0.145. The van der Waals surface area contributed by atoms with E-state index in [9.17, 15) is 22.7 Å². The number of ether oxygens (including phenoxy) is 1. The summed E-state index contributed by atoms with van der Waals surface area (Å²) in [4.78, 5) is 11.5. The summed E-state index contributed by atoms with van der Waals surface area (Å²) in [5.74, 6) is -1.12. The predicted molar refractivity (Wildman–Crippen MR) is 105 cm³/mol. The van der Waals surface area contributed by atoms with Gasteiger partial charge in [-0.25, -0.2) is 12.8 Å². The van der Waals surface area contributed by atoms with E-state index in [-0.39, 0.29) is 22.9 Å². The fourth-order valence-corrected chi connectivity index (χ4v) is 4.21. The SMILES string of the molecule is CC(C)(C)[C@@H](CCCS(=O)(=O)c1ccc(Oc2ccc(F)cc2)cc1)C(=O)O. The number of benzene rings is 2. The van der Waals surface area contributed by atoms with Gasteiger partial charge in [0.2, 0.25) is 0 Å². The Balaban J connectivity index is 1.99. The molecule has 28 heavy (non-hydrogen) atoms. The standard InChI is InChI=1S/C21H25FO5S/c1-21(2,3)19(20(23)24)5-4-14-28(25,26)18-12-10-17(11-13-18)27-16-8-6-15(22)7-9-16/h6-13,19H,4-5,14H2,1-3H3,(H,23,24)/t19-/m0/s1. The maximum Gasteiger partial charge on any atom is 0.307 e. The van der Waals surface area contributed by atoms with Gasteiger partial charge in [0.15, 0.2) is 9.84 Å². The average Bonchev–Trinajstić information content (AvgIpc) is 2.60. The van der Waals surface area contributed by atoms with E-state index in [4.69, 9.17) is 4.74 Å². The lowest BCUT2D eigenvalue weighted by Gasteiger charge is -2.26. The Labute approximate surface area is 165 Å². The van der Waals surface area contributed by atoms with Crippen LogP contribution in [-0.4, -0.2) is 25.2 Å². The van der Waals surface area contributed by atoms with Crippen LogP contribution in [-0.2, 0) is 14.6 Å². The van der Waals surface area contributed by atoms with Crippen molar-refractivity contribution in [3.8, 4) is 11.5 Å². The minimum atomic E-state index is -3.52. The smallest absolute Gasteiger partial charge is 0.307 e. The molecule has 1 N–H and O–H groups in total. The van der Waals surface area contributed by atoms with Crippen LogP contribution in [0.1, 0.15) is 33.6 Å². The Kier molecular flexibility index (Phi) is 6.82. The lowest BCUT2D eigenvalue weighted by atomic mass is 9.78. The van der Waals surface area contributed by atoms with E-state index in [1.54, 1.807) is 0 Å². The topological polar surface area (TPSA) is 80.7 Å². The quantitative estimate of drug-likeness (QED) is 0.671. The van der Waals surface area contributed by atoms with Gasteiger partial charge in [0.05, 0.1) is 16.6 Å². The number of aliphatic carboxylic acids is 1. The first-order valence-corrected chi connectivity index (χ1v) is 10.6. The molecule has 0 amide bonds. The first kappa shape index (κ1) is 21.9. The maximum absolute atomic E-state index is 12.9. The van der Waals surface area contributed by atoms with Crippen LogP contribution in [0.25, 0.3) is 0 Å². The minimum Gasteiger partial charge on any atom is -0.481 e. The molecule has 2 rings (SSSR count). The number of hydrogen-bond acceptors (Lipinski definition) is 4. The summed E-state index contributed by atoms with van der Waals surface area (Å²) >= 11 is 0. The molecule has 2 aromatic carbocycles. The summed E-state index contributed by atoms with van der Waals surface area (Å²) in [6.07, 6.45) is 0.564. The molecule has 1 atom stereocenters. The van der Waals surface area contributed by atoms with Gasteiger partial charge in [-0.2, -0.15) is 0 Å². The number of carbonyl (C=O) groups is 1. The molecule has 152 valence electrons. The van der Waals surface area contributed by atoms with Gasteiger partial charge in [-0.05, 0) is 66.8 Å². The molecule has 2 aromatic rings. The molecule has 0 radical (unpaired) electrons. The summed E-state index contributed by atoms with van der Waals surface area (Å²) in [5, 5.41) is 9.34. The molecule has 0 fully saturated rings. The maximum atomic E-state index is 12.9. The summed E-state index contributed by atoms with van der Waals surface area (Å²) in [6.45, 7) is 5.50. The monoisotopic (exact) mass is 408 g/mol. The van der Waals surface area contributed by atoms with Gasteiger partial charge >= 0.3 is 5.97 Å². The summed E-state index contributed by atoms with van der Waals surface area (Å²) in [7, 11) is -3.52. The van der Waals surface area contributed by atoms with Gasteiger partial charge in [0.25, 0.3) is 0 Å². The average molecular weight is 408 g/mol. The first-order valence-electron chi connectivity index (χ1n) is 8.98. The van der Waals surface area contributed by atoms with Crippen molar-refractivity contribution in [2.24, 2.45) is 11.3 Å². The number of carboxylic acid groups (broad SMARTS) is 1. The highest BCUT2D eigenvalue weighted by molar-refractivity contribution is 7.91. The van der Waals surface area contributed by atoms with Gasteiger partial charge in [0.1, 0.15) is 17.3 Å². The molecule has 0 saturated carbocycles. The Morgan fingerprint density at radius 2 is 1.54 bits per heavy atom. The summed E-state index contributed by atoms with van der Waals surface area (Å²) < 4.78 is 43.5. The van der Waals surface area contributed by atoms with Crippen molar-refractivity contribution in [3.63, 3.8) is 0 Å². The third-order valence-electron chi connectivity index (χ3n) is 4.48. The highest BCUT2D eigenvalue weighted by Crippen LogP contribution is 2.30. The molecule has 0 aliphatic heterocycles. The van der Waals surface area contributed by atoms with E-state index < -0.39 is 27.1 Å². The zero-order valence-electron chi connectivity index (χ0n) is 16.2. The van der Waals surface area contributed by atoms with Crippen molar-refractivity contribution < 1.29 is 27.4 Å². The Hall–Kier alpha value is -2.41. The van der Waals surface area contributed by atoms with Crippen LogP contribution >= 0.6 is 0 Å². The van der Waals surface area contributed by atoms with Crippen LogP contribution in [0.15, 0.2) is 53.4 Å². The van der Waals surface area contributed by atoms with Gasteiger partial charge in [0, 0.05) is 0 Å². The van der Waals surface area contributed by atoms with Gasteiger partial charge < -0.3 is 9.84 Å². The molecule has 7 heteroatoms. The van der Waals surface area contributed by atoms with Gasteiger partial charge in [-0.3, -0.25) is 4.79 Å². The highest BCUT2D eigenvalue weighted by Gasteiger charge is 2.31. The van der Waals surface area contributed by atoms with E-state index in [2.05, 4.69) is 0 Å². The van der Waals surface area contributed by atoms with Crippen LogP contribution in [0.3, 0.4) is 0 Å². The van der Waals surface area contributed by atoms with Crippen LogP contribution in [0.5, 0.6) is 11.5 Å². The molecule has 0 bridgehead atoms. The Morgan fingerprint density at radius 1 is 1.04 bits per heavy atom. The largest absolute Gasteiger partial charge is 0.481 e. The number of carboxylic acids is 1. The number of hydrogen-bond donors (Lipinski definition) is 1. The van der Waals surface area contributed by atoms with E-state index >= 15 is 0 Å². The van der Waals surface area contributed by atoms with Gasteiger partial charge in [-0.15, -0.1) is 0 Å². The van der Waals surface area contributed by atoms with Crippen molar-refractivity contribution in [2.75, 3.05) is 5.75 Å². The van der Waals surface area contributed by atoms with E-state index in [0.717, 1.165) is 0 Å². The summed E-state index contributed by atoms with van der Waals surface area (Å²) in [6, 6.07) is 11.5.